The zero-order valence-corrected chi connectivity index (χ0v) is 12.3. The van der Waals surface area contributed by atoms with E-state index in [1.807, 2.05) is 6.92 Å². The summed E-state index contributed by atoms with van der Waals surface area (Å²) in [6.45, 7) is 1.93. The highest BCUT2D eigenvalue weighted by molar-refractivity contribution is 7.92. The first kappa shape index (κ1) is 17.3. The molecule has 2 atom stereocenters. The summed E-state index contributed by atoms with van der Waals surface area (Å²) in [6, 6.07) is -1.06. The lowest BCUT2D eigenvalue weighted by atomic mass is 10.2. The first-order valence-electron chi connectivity index (χ1n) is 5.59. The smallest absolute Gasteiger partial charge is 0.250 e. The van der Waals surface area contributed by atoms with Crippen molar-refractivity contribution in [3.8, 4) is 0 Å². The molecular formula is C9H21N3O4S2. The van der Waals surface area contributed by atoms with Crippen molar-refractivity contribution in [3.63, 3.8) is 0 Å². The second kappa shape index (κ2) is 7.05. The van der Waals surface area contributed by atoms with E-state index in [1.54, 1.807) is 4.72 Å². The number of nitrogens with one attached hydrogen (secondary N) is 2. The predicted octanol–water partition coefficient (Wildman–Crippen LogP) is -0.374. The van der Waals surface area contributed by atoms with E-state index in [9.17, 15) is 17.4 Å². The molecule has 4 N–H and O–H groups in total. The lowest BCUT2D eigenvalue weighted by molar-refractivity contribution is -0.120. The number of nitrogens with two attached hydrogens (primary N) is 1. The number of amides is 1. The van der Waals surface area contributed by atoms with E-state index < -0.39 is 31.7 Å². The van der Waals surface area contributed by atoms with E-state index in [4.69, 9.17) is 10.5 Å². The molecule has 1 unspecified atom stereocenters. The van der Waals surface area contributed by atoms with Gasteiger partial charge in [0.25, 0.3) is 0 Å². The van der Waals surface area contributed by atoms with Crippen LogP contribution >= 0.6 is 0 Å². The number of rotatable bonds is 8. The van der Waals surface area contributed by atoms with Gasteiger partial charge in [-0.25, -0.2) is 12.6 Å². The van der Waals surface area contributed by atoms with E-state index >= 15 is 0 Å². The molecule has 0 rings (SSSR count). The zero-order valence-electron chi connectivity index (χ0n) is 10.6. The Balaban J connectivity index is 4.26. The van der Waals surface area contributed by atoms with E-state index in [2.05, 4.69) is 0 Å². The maximum atomic E-state index is 11.7. The molecule has 0 radical (unpaired) electrons. The minimum absolute atomic E-state index is 0.00531. The third-order valence-corrected chi connectivity index (χ3v) is 4.62. The minimum Gasteiger partial charge on any atom is -0.320 e. The Morgan fingerprint density at radius 1 is 1.33 bits per heavy atom. The van der Waals surface area contributed by atoms with E-state index in [0.717, 1.165) is 12.7 Å². The van der Waals surface area contributed by atoms with Gasteiger partial charge >= 0.3 is 0 Å². The molecule has 0 aliphatic heterocycles. The van der Waals surface area contributed by atoms with Crippen LogP contribution in [0.1, 0.15) is 26.2 Å². The highest BCUT2D eigenvalue weighted by Crippen LogP contribution is 2.02. The Hall–Kier alpha value is -0.670. The van der Waals surface area contributed by atoms with Crippen LogP contribution in [0.25, 0.3) is 0 Å². The molecule has 0 aromatic rings. The van der Waals surface area contributed by atoms with E-state index in [1.165, 1.54) is 0 Å². The quantitative estimate of drug-likeness (QED) is 0.562. The Labute approximate surface area is 109 Å². The number of hydrogen-bond acceptors (Lipinski definition) is 6. The Morgan fingerprint density at radius 3 is 2.33 bits per heavy atom. The number of carbonyl (C=O) groups excluding carboxylic acids is 1. The highest BCUT2D eigenvalue weighted by Gasteiger charge is 2.19. The molecule has 0 saturated heterocycles. The monoisotopic (exact) mass is 299 g/mol. The van der Waals surface area contributed by atoms with Crippen molar-refractivity contribution in [1.29, 1.82) is 4.78 Å². The Kier molecular flexibility index (Phi) is 6.79. The van der Waals surface area contributed by atoms with Gasteiger partial charge in [-0.15, -0.1) is 0 Å². The Bertz CT molecular complexity index is 470. The second-order valence-electron chi connectivity index (χ2n) is 4.21. The van der Waals surface area contributed by atoms with Gasteiger partial charge in [-0.3, -0.25) is 14.3 Å². The maximum Gasteiger partial charge on any atom is 0.250 e. The molecule has 0 heterocycles. The van der Waals surface area contributed by atoms with Crippen molar-refractivity contribution in [2.45, 2.75) is 32.2 Å². The molecule has 0 aromatic carbocycles. The summed E-state index contributed by atoms with van der Waals surface area (Å²) in [4.78, 5) is 11.3. The van der Waals surface area contributed by atoms with Crippen molar-refractivity contribution in [1.82, 2.24) is 4.72 Å². The minimum atomic E-state index is -3.63. The Morgan fingerprint density at radius 2 is 1.89 bits per heavy atom. The zero-order chi connectivity index (χ0) is 14.4. The summed E-state index contributed by atoms with van der Waals surface area (Å²) in [5.74, 6) is -0.543. The highest BCUT2D eigenvalue weighted by atomic mass is 32.2. The van der Waals surface area contributed by atoms with Gasteiger partial charge in [0.15, 0.2) is 0 Å². The van der Waals surface area contributed by atoms with Crippen LogP contribution in [0.5, 0.6) is 0 Å². The average molecular weight is 299 g/mol. The van der Waals surface area contributed by atoms with Crippen LogP contribution in [0, 0.1) is 4.78 Å². The standard InChI is InChI=1S/C9H21N3O4S2/c1-3-4-6-18(11,16)7-5-8(10)9(13)12-17(2,14)15/h8,11H,3-7,10H2,1-2H3,(H,12,13)/t8-,18?/m0/s1. The van der Waals surface area contributed by atoms with Gasteiger partial charge in [-0.2, -0.15) is 0 Å². The number of unbranched alkanes of at least 4 members (excludes halogenated alkanes) is 1. The molecule has 0 saturated carbocycles. The van der Waals surface area contributed by atoms with Crippen molar-refractivity contribution in [3.05, 3.63) is 0 Å². The van der Waals surface area contributed by atoms with Crippen LogP contribution in [-0.2, 0) is 24.5 Å². The van der Waals surface area contributed by atoms with Crippen LogP contribution in [0.2, 0.25) is 0 Å². The average Bonchev–Trinajstić information content (AvgIpc) is 2.21. The fourth-order valence-electron chi connectivity index (χ4n) is 1.19. The van der Waals surface area contributed by atoms with Crippen molar-refractivity contribution < 1.29 is 17.4 Å². The number of hydrogen-bond donors (Lipinski definition) is 3. The van der Waals surface area contributed by atoms with Gasteiger partial charge in [0.1, 0.15) is 0 Å². The number of sulfonamides is 1. The third kappa shape index (κ3) is 8.43. The fraction of sp³-hybridized carbons (Fsp3) is 0.889. The van der Waals surface area contributed by atoms with Gasteiger partial charge in [0.05, 0.1) is 12.3 Å². The van der Waals surface area contributed by atoms with Crippen molar-refractivity contribution in [2.24, 2.45) is 5.73 Å². The van der Waals surface area contributed by atoms with Crippen molar-refractivity contribution >= 4 is 25.7 Å². The topological polar surface area (TPSA) is 130 Å². The third-order valence-electron chi connectivity index (χ3n) is 2.21. The molecule has 7 nitrogen and oxygen atoms in total. The molecule has 0 aliphatic rings. The summed E-state index contributed by atoms with van der Waals surface area (Å²) in [6.07, 6.45) is 2.42. The molecule has 18 heavy (non-hydrogen) atoms. The van der Waals surface area contributed by atoms with Crippen molar-refractivity contribution in [2.75, 3.05) is 17.8 Å². The molecule has 108 valence electrons. The van der Waals surface area contributed by atoms with Gasteiger partial charge in [-0.1, -0.05) is 13.3 Å². The number of carbonyl (C=O) groups is 1. The lowest BCUT2D eigenvalue weighted by Gasteiger charge is -2.12. The first-order chi connectivity index (χ1) is 8.07. The molecule has 0 spiro atoms. The summed E-state index contributed by atoms with van der Waals surface area (Å²) >= 11 is 0. The molecular weight excluding hydrogens is 278 g/mol. The molecule has 1 amide bonds. The summed E-state index contributed by atoms with van der Waals surface area (Å²) in [5.41, 5.74) is 5.47. The fourth-order valence-corrected chi connectivity index (χ4v) is 3.30. The molecule has 0 aliphatic carbocycles. The maximum absolute atomic E-state index is 11.7. The predicted molar refractivity (Wildman–Crippen MR) is 71.1 cm³/mol. The molecule has 0 bridgehead atoms. The largest absolute Gasteiger partial charge is 0.320 e. The van der Waals surface area contributed by atoms with Crippen LogP contribution in [0.4, 0.5) is 0 Å². The van der Waals surface area contributed by atoms with Gasteiger partial charge < -0.3 is 5.73 Å². The summed E-state index contributed by atoms with van der Waals surface area (Å²) in [7, 11) is -6.36. The molecule has 0 aromatic heterocycles. The summed E-state index contributed by atoms with van der Waals surface area (Å²) in [5, 5.41) is 0. The van der Waals surface area contributed by atoms with Crippen LogP contribution < -0.4 is 10.5 Å². The molecule has 9 heteroatoms. The van der Waals surface area contributed by atoms with Gasteiger partial charge in [-0.05, 0) is 12.8 Å². The SMILES string of the molecule is CCCCS(=N)(=O)CC[C@H](N)C(=O)NS(C)(=O)=O. The second-order valence-corrected chi connectivity index (χ2v) is 8.40. The summed E-state index contributed by atoms with van der Waals surface area (Å²) < 4.78 is 42.7. The van der Waals surface area contributed by atoms with E-state index in [-0.39, 0.29) is 17.9 Å². The lowest BCUT2D eigenvalue weighted by Crippen LogP contribution is -2.43. The first-order valence-corrected chi connectivity index (χ1v) is 9.37. The van der Waals surface area contributed by atoms with Gasteiger partial charge in [0, 0.05) is 21.2 Å². The molecule has 0 fully saturated rings. The normalized spacial score (nSPS) is 16.8. The van der Waals surface area contributed by atoms with Crippen LogP contribution in [-0.4, -0.2) is 42.3 Å². The van der Waals surface area contributed by atoms with E-state index in [0.29, 0.717) is 6.42 Å². The van der Waals surface area contributed by atoms with Crippen LogP contribution in [0.15, 0.2) is 0 Å². The van der Waals surface area contributed by atoms with Gasteiger partial charge in [0.2, 0.25) is 15.9 Å². The van der Waals surface area contributed by atoms with Crippen LogP contribution in [0.3, 0.4) is 0 Å².